The van der Waals surface area contributed by atoms with E-state index in [-0.39, 0.29) is 10.6 Å². The van der Waals surface area contributed by atoms with Crippen molar-refractivity contribution in [2.45, 2.75) is 19.6 Å². The average molecular weight is 370 g/mol. The quantitative estimate of drug-likeness (QED) is 0.875. The predicted octanol–water partition coefficient (Wildman–Crippen LogP) is 3.65. The van der Waals surface area contributed by atoms with Crippen LogP contribution in [0.4, 0.5) is 10.1 Å². The summed E-state index contributed by atoms with van der Waals surface area (Å²) in [5.74, 6) is -2.74. The van der Waals surface area contributed by atoms with Crippen molar-refractivity contribution in [1.29, 1.82) is 0 Å². The molecular formula is C17H17ClFNO3S. The Morgan fingerprint density at radius 3 is 2.29 bits per heavy atom. The van der Waals surface area contributed by atoms with E-state index in [0.717, 1.165) is 17.2 Å². The molecule has 0 aliphatic rings. The molecule has 7 heteroatoms. The average Bonchev–Trinajstić information content (AvgIpc) is 2.47. The van der Waals surface area contributed by atoms with E-state index >= 15 is 0 Å². The molecule has 0 atom stereocenters. The molecule has 24 heavy (non-hydrogen) atoms. The van der Waals surface area contributed by atoms with Crippen molar-refractivity contribution in [3.63, 3.8) is 0 Å². The molecule has 4 nitrogen and oxygen atoms in total. The van der Waals surface area contributed by atoms with Crippen LogP contribution in [0.2, 0.25) is 5.02 Å². The number of aryl methyl sites for hydroxylation is 2. The second-order valence-corrected chi connectivity index (χ2v) is 8.02. The Bertz CT molecular complexity index is 841. The fourth-order valence-corrected chi connectivity index (χ4v) is 3.94. The topological polar surface area (TPSA) is 63.2 Å². The molecule has 0 spiro atoms. The molecule has 0 saturated carbocycles. The van der Waals surface area contributed by atoms with Gasteiger partial charge in [0.05, 0.1) is 5.75 Å². The fourth-order valence-electron chi connectivity index (χ4n) is 2.33. The summed E-state index contributed by atoms with van der Waals surface area (Å²) in [6.45, 7) is 3.63. The summed E-state index contributed by atoms with van der Waals surface area (Å²) in [4.78, 5) is 12.1. The van der Waals surface area contributed by atoms with Crippen molar-refractivity contribution in [3.8, 4) is 0 Å². The minimum atomic E-state index is -3.86. The van der Waals surface area contributed by atoms with Crippen LogP contribution in [-0.4, -0.2) is 20.1 Å². The monoisotopic (exact) mass is 369 g/mol. The molecule has 2 aromatic rings. The third-order valence-electron chi connectivity index (χ3n) is 3.52. The third-order valence-corrected chi connectivity index (χ3v) is 5.31. The number of nitrogens with one attached hydrogen (secondary N) is 1. The number of anilines is 1. The summed E-state index contributed by atoms with van der Waals surface area (Å²) in [6, 6.07) is 9.41. The molecule has 2 rings (SSSR count). The Morgan fingerprint density at radius 1 is 1.12 bits per heavy atom. The highest BCUT2D eigenvalue weighted by Crippen LogP contribution is 2.22. The van der Waals surface area contributed by atoms with Crippen LogP contribution in [-0.2, 0) is 20.4 Å². The number of hydrogen-bond donors (Lipinski definition) is 1. The Labute approximate surface area is 145 Å². The van der Waals surface area contributed by atoms with Crippen LogP contribution >= 0.6 is 11.6 Å². The second-order valence-electron chi connectivity index (χ2n) is 5.55. The summed E-state index contributed by atoms with van der Waals surface area (Å²) in [6.07, 6.45) is 0. The maximum atomic E-state index is 13.7. The molecule has 1 amide bonds. The van der Waals surface area contributed by atoms with E-state index in [4.69, 9.17) is 11.6 Å². The lowest BCUT2D eigenvalue weighted by Crippen LogP contribution is -2.25. The van der Waals surface area contributed by atoms with Gasteiger partial charge in [0.25, 0.3) is 0 Å². The number of halogens is 2. The number of rotatable bonds is 5. The minimum absolute atomic E-state index is 0.0220. The first kappa shape index (κ1) is 18.4. The van der Waals surface area contributed by atoms with Crippen molar-refractivity contribution in [2.75, 3.05) is 11.1 Å². The fraction of sp³-hybridized carbons (Fsp3) is 0.235. The van der Waals surface area contributed by atoms with Crippen LogP contribution in [0.15, 0.2) is 36.4 Å². The van der Waals surface area contributed by atoms with Crippen molar-refractivity contribution in [3.05, 3.63) is 63.9 Å². The van der Waals surface area contributed by atoms with E-state index in [9.17, 15) is 17.6 Å². The zero-order chi connectivity index (χ0) is 17.9. The maximum Gasteiger partial charge on any atom is 0.239 e. The number of benzene rings is 2. The largest absolute Gasteiger partial charge is 0.325 e. The number of sulfone groups is 1. The molecule has 128 valence electrons. The molecule has 0 aliphatic carbocycles. The molecule has 0 aromatic heterocycles. The Hall–Kier alpha value is -1.92. The lowest BCUT2D eigenvalue weighted by Gasteiger charge is -2.12. The van der Waals surface area contributed by atoms with Crippen LogP contribution in [0.25, 0.3) is 0 Å². The van der Waals surface area contributed by atoms with Gasteiger partial charge in [0, 0.05) is 16.3 Å². The summed E-state index contributed by atoms with van der Waals surface area (Å²) in [5, 5.41) is 2.63. The van der Waals surface area contributed by atoms with Crippen LogP contribution in [0.5, 0.6) is 0 Å². The standard InChI is InChI=1S/C17H17ClFNO3S/c1-11-5-3-6-12(2)17(11)20-16(21)10-24(22,23)9-13-14(18)7-4-8-15(13)19/h3-8H,9-10H2,1-2H3,(H,20,21). The van der Waals surface area contributed by atoms with E-state index in [2.05, 4.69) is 5.32 Å². The third kappa shape index (κ3) is 4.55. The van der Waals surface area contributed by atoms with E-state index in [1.807, 2.05) is 32.0 Å². The van der Waals surface area contributed by atoms with Crippen LogP contribution in [0, 0.1) is 19.7 Å². The molecular weight excluding hydrogens is 353 g/mol. The normalized spacial score (nSPS) is 11.3. The highest BCUT2D eigenvalue weighted by molar-refractivity contribution is 7.91. The Morgan fingerprint density at radius 2 is 1.71 bits per heavy atom. The second kappa shape index (κ2) is 7.32. The summed E-state index contributed by atoms with van der Waals surface area (Å²) in [7, 11) is -3.86. The first-order valence-electron chi connectivity index (χ1n) is 7.19. The first-order valence-corrected chi connectivity index (χ1v) is 9.39. The molecule has 0 aliphatic heterocycles. The summed E-state index contributed by atoms with van der Waals surface area (Å²) >= 11 is 5.84. The van der Waals surface area contributed by atoms with Gasteiger partial charge in [-0.15, -0.1) is 0 Å². The smallest absolute Gasteiger partial charge is 0.239 e. The molecule has 0 bridgehead atoms. The summed E-state index contributed by atoms with van der Waals surface area (Å²) < 4.78 is 38.1. The SMILES string of the molecule is Cc1cccc(C)c1NC(=O)CS(=O)(=O)Cc1c(F)cccc1Cl. The number of amides is 1. The zero-order valence-corrected chi connectivity index (χ0v) is 14.8. The molecule has 0 heterocycles. The molecule has 0 radical (unpaired) electrons. The van der Waals surface area contributed by atoms with E-state index in [0.29, 0.717) is 5.69 Å². The highest BCUT2D eigenvalue weighted by atomic mass is 35.5. The van der Waals surface area contributed by atoms with Gasteiger partial charge in [-0.2, -0.15) is 0 Å². The number of carbonyl (C=O) groups is 1. The molecule has 0 fully saturated rings. The van der Waals surface area contributed by atoms with Gasteiger partial charge in [0.15, 0.2) is 9.84 Å². The van der Waals surface area contributed by atoms with Crippen LogP contribution in [0.1, 0.15) is 16.7 Å². The molecule has 1 N–H and O–H groups in total. The first-order chi connectivity index (χ1) is 11.2. The predicted molar refractivity (Wildman–Crippen MR) is 93.4 cm³/mol. The summed E-state index contributed by atoms with van der Waals surface area (Å²) in [5.41, 5.74) is 2.12. The highest BCUT2D eigenvalue weighted by Gasteiger charge is 2.21. The van der Waals surface area contributed by atoms with Crippen molar-refractivity contribution < 1.29 is 17.6 Å². The Balaban J connectivity index is 2.13. The van der Waals surface area contributed by atoms with Gasteiger partial charge in [-0.25, -0.2) is 12.8 Å². The van der Waals surface area contributed by atoms with Crippen LogP contribution in [0.3, 0.4) is 0 Å². The van der Waals surface area contributed by atoms with E-state index < -0.39 is 33.1 Å². The lowest BCUT2D eigenvalue weighted by molar-refractivity contribution is -0.113. The molecule has 2 aromatic carbocycles. The lowest BCUT2D eigenvalue weighted by atomic mass is 10.1. The van der Waals surface area contributed by atoms with Gasteiger partial charge in [0.1, 0.15) is 11.6 Å². The maximum absolute atomic E-state index is 13.7. The number of carbonyl (C=O) groups excluding carboxylic acids is 1. The van der Waals surface area contributed by atoms with Gasteiger partial charge >= 0.3 is 0 Å². The zero-order valence-electron chi connectivity index (χ0n) is 13.3. The van der Waals surface area contributed by atoms with Gasteiger partial charge in [0.2, 0.25) is 5.91 Å². The van der Waals surface area contributed by atoms with Gasteiger partial charge in [-0.05, 0) is 37.1 Å². The number of hydrogen-bond acceptors (Lipinski definition) is 3. The van der Waals surface area contributed by atoms with Crippen LogP contribution < -0.4 is 5.32 Å². The van der Waals surface area contributed by atoms with Crippen molar-refractivity contribution in [1.82, 2.24) is 0 Å². The van der Waals surface area contributed by atoms with Crippen molar-refractivity contribution >= 4 is 33.0 Å². The number of para-hydroxylation sites is 1. The van der Waals surface area contributed by atoms with E-state index in [1.165, 1.54) is 12.1 Å². The van der Waals surface area contributed by atoms with E-state index in [1.54, 1.807) is 0 Å². The molecule has 0 saturated heterocycles. The molecule has 0 unspecified atom stereocenters. The van der Waals surface area contributed by atoms with Gasteiger partial charge < -0.3 is 5.32 Å². The van der Waals surface area contributed by atoms with Gasteiger partial charge in [-0.1, -0.05) is 35.9 Å². The van der Waals surface area contributed by atoms with Gasteiger partial charge in [-0.3, -0.25) is 4.79 Å². The minimum Gasteiger partial charge on any atom is -0.325 e. The van der Waals surface area contributed by atoms with Crippen molar-refractivity contribution in [2.24, 2.45) is 0 Å². The Kier molecular flexibility index (Phi) is 5.62.